The topological polar surface area (TPSA) is 122 Å². The molecule has 1 heterocycles. The molecule has 1 aliphatic rings. The number of carboxylic acids is 1. The zero-order valence-electron chi connectivity index (χ0n) is 9.92. The summed E-state index contributed by atoms with van der Waals surface area (Å²) in [6.07, 6.45) is 0.856. The SMILES string of the molecule is NC(=O)CN(CC(=O)O)C(=O)NCC1CCOC1. The summed E-state index contributed by atoms with van der Waals surface area (Å²) in [6, 6.07) is -0.608. The van der Waals surface area contributed by atoms with E-state index in [4.69, 9.17) is 15.6 Å². The van der Waals surface area contributed by atoms with E-state index in [0.717, 1.165) is 11.3 Å². The van der Waals surface area contributed by atoms with Gasteiger partial charge in [-0.25, -0.2) is 4.79 Å². The van der Waals surface area contributed by atoms with E-state index in [1.54, 1.807) is 0 Å². The van der Waals surface area contributed by atoms with E-state index in [1.807, 2.05) is 0 Å². The Kier molecular flexibility index (Phi) is 5.37. The molecule has 8 heteroatoms. The van der Waals surface area contributed by atoms with Crippen molar-refractivity contribution in [3.8, 4) is 0 Å². The third kappa shape index (κ3) is 5.00. The molecule has 1 aliphatic heterocycles. The van der Waals surface area contributed by atoms with E-state index < -0.39 is 31.0 Å². The minimum absolute atomic E-state index is 0.231. The number of nitrogens with one attached hydrogen (secondary N) is 1. The number of hydrogen-bond acceptors (Lipinski definition) is 4. The van der Waals surface area contributed by atoms with Gasteiger partial charge >= 0.3 is 12.0 Å². The molecule has 0 aromatic carbocycles. The number of nitrogens with two attached hydrogens (primary N) is 1. The lowest BCUT2D eigenvalue weighted by Gasteiger charge is -2.20. The number of hydrogen-bond donors (Lipinski definition) is 3. The molecule has 0 radical (unpaired) electrons. The number of primary amides is 1. The number of carboxylic acid groups (broad SMARTS) is 1. The van der Waals surface area contributed by atoms with E-state index in [-0.39, 0.29) is 5.92 Å². The highest BCUT2D eigenvalue weighted by Gasteiger charge is 2.21. The van der Waals surface area contributed by atoms with Crippen LogP contribution in [-0.2, 0) is 14.3 Å². The lowest BCUT2D eigenvalue weighted by atomic mass is 10.1. The first-order valence-electron chi connectivity index (χ1n) is 5.59. The molecule has 0 saturated carbocycles. The van der Waals surface area contributed by atoms with Crippen LogP contribution in [0.5, 0.6) is 0 Å². The number of carbonyl (C=O) groups excluding carboxylic acids is 2. The van der Waals surface area contributed by atoms with Crippen molar-refractivity contribution in [1.29, 1.82) is 0 Å². The maximum Gasteiger partial charge on any atom is 0.323 e. The van der Waals surface area contributed by atoms with Crippen molar-refractivity contribution < 1.29 is 24.2 Å². The third-order valence-corrected chi connectivity index (χ3v) is 2.53. The van der Waals surface area contributed by atoms with Crippen LogP contribution in [0.15, 0.2) is 0 Å². The van der Waals surface area contributed by atoms with Gasteiger partial charge in [0.15, 0.2) is 0 Å². The highest BCUT2D eigenvalue weighted by molar-refractivity contribution is 5.85. The van der Waals surface area contributed by atoms with Crippen molar-refractivity contribution in [2.75, 3.05) is 32.8 Å². The van der Waals surface area contributed by atoms with Crippen LogP contribution in [0.4, 0.5) is 4.79 Å². The van der Waals surface area contributed by atoms with Crippen molar-refractivity contribution in [3.05, 3.63) is 0 Å². The monoisotopic (exact) mass is 259 g/mol. The van der Waals surface area contributed by atoms with Gasteiger partial charge in [-0.2, -0.15) is 0 Å². The van der Waals surface area contributed by atoms with Crippen molar-refractivity contribution in [1.82, 2.24) is 10.2 Å². The second-order valence-corrected chi connectivity index (χ2v) is 4.13. The summed E-state index contributed by atoms with van der Waals surface area (Å²) in [6.45, 7) is 0.665. The number of amides is 3. The van der Waals surface area contributed by atoms with Gasteiger partial charge in [0, 0.05) is 19.1 Å². The lowest BCUT2D eigenvalue weighted by molar-refractivity contribution is -0.137. The summed E-state index contributed by atoms with van der Waals surface area (Å²) in [5.74, 6) is -1.72. The van der Waals surface area contributed by atoms with Crippen LogP contribution in [0.3, 0.4) is 0 Å². The highest BCUT2D eigenvalue weighted by atomic mass is 16.5. The number of nitrogens with zero attached hydrogens (tertiary/aromatic N) is 1. The Morgan fingerprint density at radius 3 is 2.61 bits per heavy atom. The van der Waals surface area contributed by atoms with Crippen LogP contribution in [0.2, 0.25) is 0 Å². The van der Waals surface area contributed by atoms with Gasteiger partial charge in [0.05, 0.1) is 6.61 Å². The summed E-state index contributed by atoms with van der Waals surface area (Å²) >= 11 is 0. The van der Waals surface area contributed by atoms with E-state index in [0.29, 0.717) is 19.8 Å². The van der Waals surface area contributed by atoms with Gasteiger partial charge in [-0.15, -0.1) is 0 Å². The largest absolute Gasteiger partial charge is 0.480 e. The second-order valence-electron chi connectivity index (χ2n) is 4.13. The first-order chi connectivity index (χ1) is 8.49. The molecule has 3 amide bonds. The Hall–Kier alpha value is -1.83. The summed E-state index contributed by atoms with van der Waals surface area (Å²) in [5, 5.41) is 11.2. The minimum Gasteiger partial charge on any atom is -0.480 e. The van der Waals surface area contributed by atoms with Crippen LogP contribution in [0, 0.1) is 5.92 Å². The van der Waals surface area contributed by atoms with Gasteiger partial charge in [-0.05, 0) is 6.42 Å². The molecule has 8 nitrogen and oxygen atoms in total. The molecular weight excluding hydrogens is 242 g/mol. The van der Waals surface area contributed by atoms with Crippen LogP contribution in [0.25, 0.3) is 0 Å². The van der Waals surface area contributed by atoms with Crippen molar-refractivity contribution >= 4 is 17.9 Å². The van der Waals surface area contributed by atoms with Crippen molar-refractivity contribution in [2.24, 2.45) is 11.7 Å². The maximum atomic E-state index is 11.7. The Morgan fingerprint density at radius 2 is 2.11 bits per heavy atom. The predicted molar refractivity (Wildman–Crippen MR) is 60.7 cm³/mol. The fourth-order valence-electron chi connectivity index (χ4n) is 1.64. The van der Waals surface area contributed by atoms with Crippen molar-refractivity contribution in [3.63, 3.8) is 0 Å². The van der Waals surface area contributed by atoms with E-state index in [2.05, 4.69) is 5.32 Å². The van der Waals surface area contributed by atoms with Gasteiger partial charge < -0.3 is 25.8 Å². The molecule has 0 bridgehead atoms. The molecule has 0 aromatic rings. The van der Waals surface area contributed by atoms with Gasteiger partial charge in [-0.3, -0.25) is 9.59 Å². The molecule has 18 heavy (non-hydrogen) atoms. The molecule has 102 valence electrons. The van der Waals surface area contributed by atoms with Gasteiger partial charge in [-0.1, -0.05) is 0 Å². The Balaban J connectivity index is 2.41. The van der Waals surface area contributed by atoms with E-state index in [1.165, 1.54) is 0 Å². The smallest absolute Gasteiger partial charge is 0.323 e. The highest BCUT2D eigenvalue weighted by Crippen LogP contribution is 2.10. The van der Waals surface area contributed by atoms with Crippen LogP contribution in [-0.4, -0.2) is 60.8 Å². The van der Waals surface area contributed by atoms with Gasteiger partial charge in [0.2, 0.25) is 5.91 Å². The number of rotatable bonds is 6. The van der Waals surface area contributed by atoms with Crippen LogP contribution >= 0.6 is 0 Å². The zero-order valence-corrected chi connectivity index (χ0v) is 9.92. The van der Waals surface area contributed by atoms with E-state index >= 15 is 0 Å². The normalized spacial score (nSPS) is 18.3. The van der Waals surface area contributed by atoms with Gasteiger partial charge in [0.1, 0.15) is 13.1 Å². The fourth-order valence-corrected chi connectivity index (χ4v) is 1.64. The second kappa shape index (κ2) is 6.80. The fraction of sp³-hybridized carbons (Fsp3) is 0.700. The maximum absolute atomic E-state index is 11.7. The zero-order chi connectivity index (χ0) is 13.5. The molecular formula is C10H17N3O5. The molecule has 1 rings (SSSR count). The molecule has 4 N–H and O–H groups in total. The quantitative estimate of drug-likeness (QED) is 0.541. The predicted octanol–water partition coefficient (Wildman–Crippen LogP) is -1.40. The molecule has 1 saturated heterocycles. The summed E-state index contributed by atoms with van der Waals surface area (Å²) in [7, 11) is 0. The van der Waals surface area contributed by atoms with E-state index in [9.17, 15) is 14.4 Å². The van der Waals surface area contributed by atoms with Gasteiger partial charge in [0.25, 0.3) is 0 Å². The Bertz CT molecular complexity index is 311. The molecule has 0 spiro atoms. The summed E-state index contributed by atoms with van der Waals surface area (Å²) in [5.41, 5.74) is 4.95. The Morgan fingerprint density at radius 1 is 1.39 bits per heavy atom. The number of ether oxygens (including phenoxy) is 1. The number of aliphatic carboxylic acids is 1. The Labute approximate surface area is 104 Å². The average Bonchev–Trinajstić information content (AvgIpc) is 2.76. The number of carbonyl (C=O) groups is 3. The first kappa shape index (κ1) is 14.2. The summed E-state index contributed by atoms with van der Waals surface area (Å²) < 4.78 is 5.15. The molecule has 1 unspecified atom stereocenters. The summed E-state index contributed by atoms with van der Waals surface area (Å²) in [4.78, 5) is 33.8. The standard InChI is InChI=1S/C10H17N3O5/c11-8(14)4-13(5-9(15)16)10(17)12-3-7-1-2-18-6-7/h7H,1-6H2,(H2,11,14)(H,12,17)(H,15,16). The third-order valence-electron chi connectivity index (χ3n) is 2.53. The van der Waals surface area contributed by atoms with Crippen LogP contribution in [0.1, 0.15) is 6.42 Å². The first-order valence-corrected chi connectivity index (χ1v) is 5.59. The molecule has 1 atom stereocenters. The average molecular weight is 259 g/mol. The molecule has 0 aromatic heterocycles. The number of urea groups is 1. The molecule has 1 fully saturated rings. The minimum atomic E-state index is -1.20. The van der Waals surface area contributed by atoms with Crippen molar-refractivity contribution in [2.45, 2.75) is 6.42 Å². The van der Waals surface area contributed by atoms with Crippen LogP contribution < -0.4 is 11.1 Å². The lowest BCUT2D eigenvalue weighted by Crippen LogP contribution is -2.47. The molecule has 0 aliphatic carbocycles.